The van der Waals surface area contributed by atoms with Crippen LogP contribution in [0.1, 0.15) is 17.1 Å². The molecule has 2 aliphatic rings. The highest BCUT2D eigenvalue weighted by Gasteiger charge is 2.59. The average molecular weight is 180 g/mol. The lowest BCUT2D eigenvalue weighted by Crippen LogP contribution is -2.19. The molecule has 64 valence electrons. The first-order valence-electron chi connectivity index (χ1n) is 4.45. The summed E-state index contributed by atoms with van der Waals surface area (Å²) in [6.07, 6.45) is 1.36. The Morgan fingerprint density at radius 2 is 2.67 bits per heavy atom. The molecule has 1 aromatic heterocycles. The average Bonchev–Trinajstić information content (AvgIpc) is 2.50. The molecule has 0 radical (unpaired) electrons. The fraction of sp³-hybridized carbons (Fsp3) is 0.667. The third-order valence-corrected chi connectivity index (χ3v) is 3.97. The number of nitrogens with one attached hydrogen (secondary N) is 1. The molecule has 3 rings (SSSR count). The van der Waals surface area contributed by atoms with Gasteiger partial charge >= 0.3 is 0 Å². The summed E-state index contributed by atoms with van der Waals surface area (Å²) in [5, 5.41) is 6.88. The summed E-state index contributed by atoms with van der Waals surface area (Å²) in [7, 11) is 0. The number of thiazole rings is 1. The number of hydrogen-bond donors (Lipinski definition) is 1. The maximum absolute atomic E-state index is 4.58. The number of aryl methyl sites for hydroxylation is 1. The van der Waals surface area contributed by atoms with Crippen LogP contribution in [0.4, 0.5) is 0 Å². The van der Waals surface area contributed by atoms with E-state index in [0.717, 1.165) is 12.5 Å². The van der Waals surface area contributed by atoms with Crippen molar-refractivity contribution in [2.45, 2.75) is 18.8 Å². The van der Waals surface area contributed by atoms with Crippen LogP contribution in [0.3, 0.4) is 0 Å². The van der Waals surface area contributed by atoms with Crippen LogP contribution in [0.2, 0.25) is 0 Å². The number of rotatable bonds is 1. The minimum absolute atomic E-state index is 0.463. The molecule has 2 fully saturated rings. The van der Waals surface area contributed by atoms with Crippen molar-refractivity contribution in [3.05, 3.63) is 16.1 Å². The first kappa shape index (κ1) is 7.04. The second-order valence-electron chi connectivity index (χ2n) is 3.94. The molecule has 1 N–H and O–H groups in total. The summed E-state index contributed by atoms with van der Waals surface area (Å²) in [5.41, 5.74) is 1.81. The fourth-order valence-electron chi connectivity index (χ4n) is 2.33. The topological polar surface area (TPSA) is 24.9 Å². The standard InChI is InChI=1S/C9H12N2S/c1-6-11-8(4-12-6)9-2-7(9)3-10-5-9/h4,7,10H,2-3,5H2,1H3. The summed E-state index contributed by atoms with van der Waals surface area (Å²) in [4.78, 5) is 4.58. The monoisotopic (exact) mass is 180 g/mol. The van der Waals surface area contributed by atoms with Crippen molar-refractivity contribution in [2.24, 2.45) is 5.92 Å². The van der Waals surface area contributed by atoms with Gasteiger partial charge < -0.3 is 5.32 Å². The highest BCUT2D eigenvalue weighted by molar-refractivity contribution is 7.09. The Labute approximate surface area is 76.0 Å². The van der Waals surface area contributed by atoms with Crippen LogP contribution in [0.25, 0.3) is 0 Å². The van der Waals surface area contributed by atoms with E-state index in [2.05, 4.69) is 22.6 Å². The number of piperidine rings is 1. The molecular weight excluding hydrogens is 168 g/mol. The van der Waals surface area contributed by atoms with Gasteiger partial charge in [-0.15, -0.1) is 11.3 Å². The van der Waals surface area contributed by atoms with Gasteiger partial charge in [0.05, 0.1) is 10.7 Å². The molecular formula is C9H12N2S. The molecule has 2 atom stereocenters. The Morgan fingerprint density at radius 1 is 1.75 bits per heavy atom. The summed E-state index contributed by atoms with van der Waals surface area (Å²) in [5.74, 6) is 0.888. The van der Waals surface area contributed by atoms with Crippen LogP contribution in [0.5, 0.6) is 0 Å². The normalized spacial score (nSPS) is 38.2. The number of fused-ring (bicyclic) bond motifs is 1. The third-order valence-electron chi connectivity index (χ3n) is 3.19. The van der Waals surface area contributed by atoms with Gasteiger partial charge in [0.25, 0.3) is 0 Å². The zero-order valence-electron chi connectivity index (χ0n) is 7.13. The van der Waals surface area contributed by atoms with Gasteiger partial charge in [0.15, 0.2) is 0 Å². The van der Waals surface area contributed by atoms with E-state index in [9.17, 15) is 0 Å². The Bertz CT molecular complexity index is 320. The zero-order valence-corrected chi connectivity index (χ0v) is 7.95. The van der Waals surface area contributed by atoms with Crippen LogP contribution < -0.4 is 5.32 Å². The largest absolute Gasteiger partial charge is 0.315 e. The number of aromatic nitrogens is 1. The van der Waals surface area contributed by atoms with Gasteiger partial charge in [-0.3, -0.25) is 0 Å². The smallest absolute Gasteiger partial charge is 0.0897 e. The Balaban J connectivity index is 1.99. The molecule has 0 amide bonds. The molecule has 2 unspecified atom stereocenters. The summed E-state index contributed by atoms with van der Waals surface area (Å²) >= 11 is 1.78. The van der Waals surface area contributed by atoms with Crippen molar-refractivity contribution in [2.75, 3.05) is 13.1 Å². The van der Waals surface area contributed by atoms with Crippen LogP contribution in [-0.2, 0) is 5.41 Å². The van der Waals surface area contributed by atoms with Crippen LogP contribution in [0.15, 0.2) is 5.38 Å². The second kappa shape index (κ2) is 2.09. The van der Waals surface area contributed by atoms with E-state index in [1.807, 2.05) is 0 Å². The molecule has 2 heterocycles. The highest BCUT2D eigenvalue weighted by atomic mass is 32.1. The molecule has 1 aliphatic carbocycles. The molecule has 0 spiro atoms. The maximum Gasteiger partial charge on any atom is 0.0897 e. The Kier molecular flexibility index (Phi) is 1.23. The summed E-state index contributed by atoms with van der Waals surface area (Å²) < 4.78 is 0. The van der Waals surface area contributed by atoms with Gasteiger partial charge in [-0.1, -0.05) is 0 Å². The van der Waals surface area contributed by atoms with Gasteiger partial charge in [0.1, 0.15) is 0 Å². The van der Waals surface area contributed by atoms with Crippen molar-refractivity contribution in [1.29, 1.82) is 0 Å². The second-order valence-corrected chi connectivity index (χ2v) is 5.00. The Hall–Kier alpha value is -0.410. The molecule has 2 nitrogen and oxygen atoms in total. The van der Waals surface area contributed by atoms with Crippen molar-refractivity contribution in [3.8, 4) is 0 Å². The van der Waals surface area contributed by atoms with Crippen molar-refractivity contribution in [3.63, 3.8) is 0 Å². The van der Waals surface area contributed by atoms with Crippen molar-refractivity contribution < 1.29 is 0 Å². The van der Waals surface area contributed by atoms with E-state index in [1.165, 1.54) is 23.7 Å². The van der Waals surface area contributed by atoms with Gasteiger partial charge in [-0.05, 0) is 25.8 Å². The molecule has 0 aromatic carbocycles. The predicted molar refractivity (Wildman–Crippen MR) is 49.5 cm³/mol. The van der Waals surface area contributed by atoms with Crippen LogP contribution in [-0.4, -0.2) is 18.1 Å². The molecule has 12 heavy (non-hydrogen) atoms. The molecule has 0 bridgehead atoms. The first-order chi connectivity index (χ1) is 5.81. The quantitative estimate of drug-likeness (QED) is 0.705. The van der Waals surface area contributed by atoms with E-state index in [-0.39, 0.29) is 0 Å². The van der Waals surface area contributed by atoms with E-state index in [1.54, 1.807) is 11.3 Å². The molecule has 1 saturated heterocycles. The lowest BCUT2D eigenvalue weighted by molar-refractivity contribution is 0.660. The van der Waals surface area contributed by atoms with Gasteiger partial charge in [0.2, 0.25) is 0 Å². The lowest BCUT2D eigenvalue weighted by atomic mass is 10.0. The summed E-state index contributed by atoms with van der Waals surface area (Å²) in [6.45, 7) is 4.45. The van der Waals surface area contributed by atoms with Gasteiger partial charge in [-0.2, -0.15) is 0 Å². The van der Waals surface area contributed by atoms with E-state index >= 15 is 0 Å². The lowest BCUT2D eigenvalue weighted by Gasteiger charge is -2.06. The Morgan fingerprint density at radius 3 is 3.17 bits per heavy atom. The van der Waals surface area contributed by atoms with Crippen molar-refractivity contribution in [1.82, 2.24) is 10.3 Å². The zero-order chi connectivity index (χ0) is 8.18. The minimum Gasteiger partial charge on any atom is -0.315 e. The first-order valence-corrected chi connectivity index (χ1v) is 5.32. The third kappa shape index (κ3) is 0.756. The molecule has 3 heteroatoms. The fourth-order valence-corrected chi connectivity index (χ4v) is 3.05. The SMILES string of the molecule is Cc1nc(C23CNCC2C3)cs1. The van der Waals surface area contributed by atoms with Gasteiger partial charge in [0, 0.05) is 17.3 Å². The van der Waals surface area contributed by atoms with Crippen LogP contribution >= 0.6 is 11.3 Å². The molecule has 1 aromatic rings. The number of nitrogens with zero attached hydrogens (tertiary/aromatic N) is 1. The van der Waals surface area contributed by atoms with E-state index < -0.39 is 0 Å². The van der Waals surface area contributed by atoms with Crippen molar-refractivity contribution >= 4 is 11.3 Å². The molecule has 1 saturated carbocycles. The summed E-state index contributed by atoms with van der Waals surface area (Å²) in [6, 6.07) is 0. The number of hydrogen-bond acceptors (Lipinski definition) is 3. The van der Waals surface area contributed by atoms with Crippen LogP contribution in [0, 0.1) is 12.8 Å². The predicted octanol–water partition coefficient (Wildman–Crippen LogP) is 1.31. The van der Waals surface area contributed by atoms with E-state index in [4.69, 9.17) is 0 Å². The maximum atomic E-state index is 4.58. The van der Waals surface area contributed by atoms with E-state index in [0.29, 0.717) is 5.41 Å². The van der Waals surface area contributed by atoms with Gasteiger partial charge in [-0.25, -0.2) is 4.98 Å². The minimum atomic E-state index is 0.463. The molecule has 1 aliphatic heterocycles. The highest BCUT2D eigenvalue weighted by Crippen LogP contribution is 2.56.